The number of hydrogen-bond acceptors (Lipinski definition) is 5. The molecule has 0 fully saturated rings. The Morgan fingerprint density at radius 3 is 2.43 bits per heavy atom. The molecule has 1 aliphatic heterocycles. The molecule has 0 aromatic heterocycles. The minimum Gasteiger partial charge on any atom is -0.494 e. The normalized spacial score (nSPS) is 21.2. The molecule has 5 heteroatoms. The average Bonchev–Trinajstić information content (AvgIpc) is 2.60. The molecule has 28 heavy (non-hydrogen) atoms. The van der Waals surface area contributed by atoms with E-state index in [1.54, 1.807) is 6.92 Å². The molecule has 0 bridgehead atoms. The number of ketones is 1. The molecule has 0 spiro atoms. The van der Waals surface area contributed by atoms with E-state index in [-0.39, 0.29) is 17.2 Å². The van der Waals surface area contributed by atoms with Gasteiger partial charge in [-0.25, -0.2) is 4.79 Å². The maximum atomic E-state index is 13.1. The van der Waals surface area contributed by atoms with E-state index in [1.807, 2.05) is 38.1 Å². The summed E-state index contributed by atoms with van der Waals surface area (Å²) >= 11 is 0. The molecule has 1 N–H and O–H groups in total. The Morgan fingerprint density at radius 2 is 1.82 bits per heavy atom. The van der Waals surface area contributed by atoms with E-state index in [2.05, 4.69) is 19.2 Å². The second-order valence-corrected chi connectivity index (χ2v) is 8.15. The fraction of sp³-hybridized carbons (Fsp3) is 0.478. The molecule has 1 atom stereocenters. The Balaban J connectivity index is 2.12. The molecule has 1 heterocycles. The van der Waals surface area contributed by atoms with Gasteiger partial charge in [-0.3, -0.25) is 4.79 Å². The average molecular weight is 383 g/mol. The summed E-state index contributed by atoms with van der Waals surface area (Å²) in [5.74, 6) is 0.0564. The number of ether oxygens (including phenoxy) is 2. The summed E-state index contributed by atoms with van der Waals surface area (Å²) in [6, 6.07) is 7.64. The van der Waals surface area contributed by atoms with Crippen molar-refractivity contribution in [1.82, 2.24) is 5.32 Å². The van der Waals surface area contributed by atoms with Crippen molar-refractivity contribution >= 4 is 11.8 Å². The van der Waals surface area contributed by atoms with Crippen molar-refractivity contribution in [2.75, 3.05) is 13.2 Å². The van der Waals surface area contributed by atoms with Crippen LogP contribution in [0.1, 0.15) is 58.9 Å². The van der Waals surface area contributed by atoms with Gasteiger partial charge in [0.25, 0.3) is 0 Å². The van der Waals surface area contributed by atoms with Crippen molar-refractivity contribution in [1.29, 1.82) is 0 Å². The molecule has 1 aliphatic carbocycles. The summed E-state index contributed by atoms with van der Waals surface area (Å²) in [7, 11) is 0. The predicted molar refractivity (Wildman–Crippen MR) is 108 cm³/mol. The third-order valence-corrected chi connectivity index (χ3v) is 5.26. The van der Waals surface area contributed by atoms with Crippen LogP contribution in [0.4, 0.5) is 0 Å². The zero-order valence-electron chi connectivity index (χ0n) is 17.3. The Morgan fingerprint density at radius 1 is 1.14 bits per heavy atom. The van der Waals surface area contributed by atoms with Gasteiger partial charge in [0.05, 0.1) is 18.8 Å². The van der Waals surface area contributed by atoms with Crippen molar-refractivity contribution < 1.29 is 19.1 Å². The van der Waals surface area contributed by atoms with Crippen LogP contribution in [0.15, 0.2) is 46.8 Å². The van der Waals surface area contributed by atoms with Crippen LogP contribution < -0.4 is 10.1 Å². The number of allylic oxidation sites excluding steroid dienone is 3. The molecule has 1 aromatic carbocycles. The second kappa shape index (κ2) is 7.82. The smallest absolute Gasteiger partial charge is 0.336 e. The number of benzene rings is 1. The minimum atomic E-state index is -0.422. The summed E-state index contributed by atoms with van der Waals surface area (Å²) in [5, 5.41) is 3.34. The number of dihydropyridines is 1. The summed E-state index contributed by atoms with van der Waals surface area (Å²) in [5.41, 5.74) is 3.67. The lowest BCUT2D eigenvalue weighted by Gasteiger charge is -2.39. The predicted octanol–water partition coefficient (Wildman–Crippen LogP) is 4.25. The van der Waals surface area contributed by atoms with Crippen LogP contribution in [0.3, 0.4) is 0 Å². The van der Waals surface area contributed by atoms with Gasteiger partial charge in [-0.2, -0.15) is 0 Å². The number of hydrogen-bond donors (Lipinski definition) is 1. The van der Waals surface area contributed by atoms with E-state index >= 15 is 0 Å². The lowest BCUT2D eigenvalue weighted by molar-refractivity contribution is -0.138. The highest BCUT2D eigenvalue weighted by molar-refractivity contribution is 6.04. The number of rotatable bonds is 5. The first-order valence-corrected chi connectivity index (χ1v) is 9.91. The first-order chi connectivity index (χ1) is 13.3. The van der Waals surface area contributed by atoms with Gasteiger partial charge in [0.1, 0.15) is 5.75 Å². The molecule has 1 aromatic rings. The quantitative estimate of drug-likeness (QED) is 0.770. The Bertz CT molecular complexity index is 846. The van der Waals surface area contributed by atoms with Crippen molar-refractivity contribution in [2.24, 2.45) is 5.41 Å². The number of carbonyl (C=O) groups is 2. The van der Waals surface area contributed by atoms with Gasteiger partial charge in [-0.15, -0.1) is 0 Å². The second-order valence-electron chi connectivity index (χ2n) is 8.15. The fourth-order valence-electron chi connectivity index (χ4n) is 4.17. The molecule has 0 saturated heterocycles. The van der Waals surface area contributed by atoms with E-state index in [4.69, 9.17) is 9.47 Å². The van der Waals surface area contributed by atoms with E-state index < -0.39 is 5.92 Å². The van der Waals surface area contributed by atoms with Crippen molar-refractivity contribution in [2.45, 2.75) is 53.4 Å². The third kappa shape index (κ3) is 3.84. The Labute approximate surface area is 166 Å². The molecule has 5 nitrogen and oxygen atoms in total. The SMILES string of the molecule is CCOC(=O)C1=C(C)NC2=C(C(=O)CC(C)(C)C2)C1c1ccc(OCC)cc1. The highest BCUT2D eigenvalue weighted by Gasteiger charge is 2.43. The molecular formula is C23H29NO4. The molecule has 2 aliphatic rings. The standard InChI is InChI=1S/C23H29NO4/c1-6-27-16-10-8-15(9-11-16)20-19(22(26)28-7-2)14(3)24-17-12-23(4,5)13-18(25)21(17)20/h8-11,20,24H,6-7,12-13H2,1-5H3. The Kier molecular flexibility index (Phi) is 5.64. The third-order valence-electron chi connectivity index (χ3n) is 5.26. The van der Waals surface area contributed by atoms with Crippen LogP contribution in [-0.2, 0) is 14.3 Å². The largest absolute Gasteiger partial charge is 0.494 e. The zero-order valence-corrected chi connectivity index (χ0v) is 17.3. The van der Waals surface area contributed by atoms with Gasteiger partial charge in [-0.05, 0) is 50.3 Å². The lowest BCUT2D eigenvalue weighted by Crippen LogP contribution is -2.38. The molecule has 1 unspecified atom stereocenters. The van der Waals surface area contributed by atoms with Crippen LogP contribution in [0, 0.1) is 5.41 Å². The number of nitrogens with one attached hydrogen (secondary N) is 1. The minimum absolute atomic E-state index is 0.0898. The van der Waals surface area contributed by atoms with Crippen LogP contribution in [0.25, 0.3) is 0 Å². The van der Waals surface area contributed by atoms with Gasteiger partial charge >= 0.3 is 5.97 Å². The molecule has 0 amide bonds. The van der Waals surface area contributed by atoms with E-state index in [0.29, 0.717) is 30.8 Å². The van der Waals surface area contributed by atoms with Gasteiger partial charge in [-0.1, -0.05) is 26.0 Å². The van der Waals surface area contributed by atoms with Crippen LogP contribution >= 0.6 is 0 Å². The van der Waals surface area contributed by atoms with Crippen molar-refractivity contribution in [3.63, 3.8) is 0 Å². The summed E-state index contributed by atoms with van der Waals surface area (Å²) < 4.78 is 10.9. The van der Waals surface area contributed by atoms with E-state index in [1.165, 1.54) is 0 Å². The molecular weight excluding hydrogens is 354 g/mol. The number of esters is 1. The summed E-state index contributed by atoms with van der Waals surface area (Å²) in [6.45, 7) is 10.7. The van der Waals surface area contributed by atoms with Crippen LogP contribution in [0.2, 0.25) is 0 Å². The topological polar surface area (TPSA) is 64.6 Å². The van der Waals surface area contributed by atoms with E-state index in [0.717, 1.165) is 29.1 Å². The highest BCUT2D eigenvalue weighted by atomic mass is 16.5. The fourth-order valence-corrected chi connectivity index (χ4v) is 4.17. The monoisotopic (exact) mass is 383 g/mol. The first-order valence-electron chi connectivity index (χ1n) is 9.91. The van der Waals surface area contributed by atoms with Crippen LogP contribution in [-0.4, -0.2) is 25.0 Å². The highest BCUT2D eigenvalue weighted by Crippen LogP contribution is 2.46. The summed E-state index contributed by atoms with van der Waals surface area (Å²) in [6.07, 6.45) is 1.24. The van der Waals surface area contributed by atoms with Gasteiger partial charge in [0.15, 0.2) is 5.78 Å². The first kappa shape index (κ1) is 20.2. The molecule has 3 rings (SSSR count). The van der Waals surface area contributed by atoms with Gasteiger partial charge in [0, 0.05) is 29.3 Å². The zero-order chi connectivity index (χ0) is 20.5. The molecule has 150 valence electrons. The van der Waals surface area contributed by atoms with Gasteiger partial charge in [0.2, 0.25) is 0 Å². The maximum Gasteiger partial charge on any atom is 0.336 e. The number of carbonyl (C=O) groups excluding carboxylic acids is 2. The van der Waals surface area contributed by atoms with Crippen LogP contribution in [0.5, 0.6) is 5.75 Å². The van der Waals surface area contributed by atoms with Crippen molar-refractivity contribution in [3.05, 3.63) is 52.4 Å². The summed E-state index contributed by atoms with van der Waals surface area (Å²) in [4.78, 5) is 25.9. The Hall–Kier alpha value is -2.56. The maximum absolute atomic E-state index is 13.1. The van der Waals surface area contributed by atoms with Gasteiger partial charge < -0.3 is 14.8 Å². The number of Topliss-reactive ketones (excluding diaryl/α,β-unsaturated/α-hetero) is 1. The van der Waals surface area contributed by atoms with Crippen molar-refractivity contribution in [3.8, 4) is 5.75 Å². The molecule has 0 radical (unpaired) electrons. The van der Waals surface area contributed by atoms with E-state index in [9.17, 15) is 9.59 Å². The lowest BCUT2D eigenvalue weighted by atomic mass is 9.68. The molecule has 0 saturated carbocycles.